The lowest BCUT2D eigenvalue weighted by Gasteiger charge is -2.33. The van der Waals surface area contributed by atoms with E-state index < -0.39 is 6.10 Å². The van der Waals surface area contributed by atoms with Crippen molar-refractivity contribution in [1.82, 2.24) is 5.32 Å². The van der Waals surface area contributed by atoms with E-state index >= 15 is 0 Å². The van der Waals surface area contributed by atoms with Gasteiger partial charge in [-0.1, -0.05) is 30.3 Å². The monoisotopic (exact) mass is 473 g/mol. The van der Waals surface area contributed by atoms with Crippen LogP contribution in [0.15, 0.2) is 72.8 Å². The Labute approximate surface area is 203 Å². The van der Waals surface area contributed by atoms with E-state index in [1.165, 1.54) is 0 Å². The van der Waals surface area contributed by atoms with Crippen LogP contribution in [0.4, 0.5) is 11.4 Å². The van der Waals surface area contributed by atoms with Crippen LogP contribution >= 0.6 is 0 Å². The number of anilines is 2. The number of carbonyl (C=O) groups excluding carboxylic acids is 3. The zero-order valence-corrected chi connectivity index (χ0v) is 19.6. The Morgan fingerprint density at radius 2 is 1.83 bits per heavy atom. The van der Waals surface area contributed by atoms with Crippen LogP contribution in [0.2, 0.25) is 0 Å². The van der Waals surface area contributed by atoms with Crippen LogP contribution in [0.3, 0.4) is 0 Å². The Bertz CT molecular complexity index is 1230. The summed E-state index contributed by atoms with van der Waals surface area (Å²) in [5.74, 6) is 0.364. The molecule has 8 heteroatoms. The van der Waals surface area contributed by atoms with E-state index in [0.29, 0.717) is 35.8 Å². The summed E-state index contributed by atoms with van der Waals surface area (Å²) in [6.07, 6.45) is -0.630. The number of rotatable bonds is 8. The lowest BCUT2D eigenvalue weighted by molar-refractivity contribution is -0.125. The molecule has 4 rings (SSSR count). The maximum atomic E-state index is 12.8. The molecule has 3 amide bonds. The van der Waals surface area contributed by atoms with Gasteiger partial charge in [0.15, 0.2) is 6.10 Å². The van der Waals surface area contributed by atoms with Crippen molar-refractivity contribution in [3.05, 3.63) is 83.9 Å². The molecule has 3 aromatic carbocycles. The lowest BCUT2D eigenvalue weighted by atomic mass is 10.1. The minimum atomic E-state index is -0.630. The fraction of sp³-hybridized carbons (Fsp3) is 0.222. The molecule has 0 radical (unpaired) electrons. The lowest BCUT2D eigenvalue weighted by Crippen LogP contribution is -2.46. The van der Waals surface area contributed by atoms with Crippen molar-refractivity contribution in [2.45, 2.75) is 20.0 Å². The summed E-state index contributed by atoms with van der Waals surface area (Å²) in [4.78, 5) is 39.0. The minimum Gasteiger partial charge on any atom is -0.492 e. The highest BCUT2D eigenvalue weighted by Gasteiger charge is 2.31. The van der Waals surface area contributed by atoms with Crippen molar-refractivity contribution in [3.63, 3.8) is 0 Å². The average Bonchev–Trinajstić information content (AvgIpc) is 2.86. The summed E-state index contributed by atoms with van der Waals surface area (Å²) in [5, 5.41) is 5.35. The first kappa shape index (κ1) is 23.8. The van der Waals surface area contributed by atoms with Crippen LogP contribution in [0.1, 0.15) is 22.8 Å². The van der Waals surface area contributed by atoms with Gasteiger partial charge in [0.2, 0.25) is 5.91 Å². The zero-order valence-electron chi connectivity index (χ0n) is 19.6. The molecule has 8 nitrogen and oxygen atoms in total. The number of nitrogens with zero attached hydrogens (tertiary/aromatic N) is 1. The molecule has 35 heavy (non-hydrogen) atoms. The van der Waals surface area contributed by atoms with Gasteiger partial charge in [-0.3, -0.25) is 14.4 Å². The Kier molecular flexibility index (Phi) is 7.30. The molecule has 0 bridgehead atoms. The van der Waals surface area contributed by atoms with Gasteiger partial charge in [0.1, 0.15) is 18.1 Å². The van der Waals surface area contributed by atoms with Crippen LogP contribution in [-0.2, 0) is 9.59 Å². The molecule has 2 N–H and O–H groups in total. The minimum absolute atomic E-state index is 0.189. The second kappa shape index (κ2) is 10.7. The van der Waals surface area contributed by atoms with Crippen molar-refractivity contribution >= 4 is 29.1 Å². The molecule has 0 fully saturated rings. The molecular weight excluding hydrogens is 446 g/mol. The molecular formula is C27H27N3O5. The summed E-state index contributed by atoms with van der Waals surface area (Å²) < 4.78 is 11.6. The third-order valence-electron chi connectivity index (χ3n) is 5.47. The molecule has 0 saturated heterocycles. The Hall–Kier alpha value is -4.33. The van der Waals surface area contributed by atoms with E-state index in [2.05, 4.69) is 10.6 Å². The molecule has 1 heterocycles. The van der Waals surface area contributed by atoms with E-state index in [9.17, 15) is 14.4 Å². The number of benzene rings is 3. The maximum absolute atomic E-state index is 12.8. The van der Waals surface area contributed by atoms with Gasteiger partial charge in [0, 0.05) is 11.3 Å². The number of carbonyl (C=O) groups is 3. The van der Waals surface area contributed by atoms with Crippen molar-refractivity contribution in [2.24, 2.45) is 0 Å². The Morgan fingerprint density at radius 3 is 2.60 bits per heavy atom. The van der Waals surface area contributed by atoms with Crippen molar-refractivity contribution in [2.75, 3.05) is 29.9 Å². The summed E-state index contributed by atoms with van der Waals surface area (Å²) in [6, 6.07) is 21.5. The fourth-order valence-electron chi connectivity index (χ4n) is 3.73. The predicted octanol–water partition coefficient (Wildman–Crippen LogP) is 3.56. The topological polar surface area (TPSA) is 97.0 Å². The predicted molar refractivity (Wildman–Crippen MR) is 133 cm³/mol. The average molecular weight is 474 g/mol. The molecule has 0 saturated carbocycles. The van der Waals surface area contributed by atoms with Gasteiger partial charge in [0.25, 0.3) is 11.8 Å². The quantitative estimate of drug-likeness (QED) is 0.522. The molecule has 0 aliphatic carbocycles. The molecule has 180 valence electrons. The second-order valence-electron chi connectivity index (χ2n) is 8.19. The number of aryl methyl sites for hydroxylation is 1. The standard InChI is InChI=1S/C27H27N3O5/c1-18-7-6-10-22(15-18)34-14-13-30-23-16-21(11-12-24(23)35-19(2)27(30)33)29-25(31)17-28-26(32)20-8-4-3-5-9-20/h3-12,15-16,19H,13-14,17H2,1-2H3,(H,28,32)(H,29,31). The van der Waals surface area contributed by atoms with Crippen molar-refractivity contribution in [1.29, 1.82) is 0 Å². The van der Waals surface area contributed by atoms with Gasteiger partial charge in [-0.05, 0) is 61.9 Å². The number of ether oxygens (including phenoxy) is 2. The smallest absolute Gasteiger partial charge is 0.267 e. The first-order valence-corrected chi connectivity index (χ1v) is 11.4. The molecule has 1 unspecified atom stereocenters. The largest absolute Gasteiger partial charge is 0.492 e. The van der Waals surface area contributed by atoms with E-state index in [-0.39, 0.29) is 24.3 Å². The Morgan fingerprint density at radius 1 is 1.03 bits per heavy atom. The van der Waals surface area contributed by atoms with E-state index in [1.807, 2.05) is 37.3 Å². The van der Waals surface area contributed by atoms with Crippen LogP contribution in [0.5, 0.6) is 11.5 Å². The summed E-state index contributed by atoms with van der Waals surface area (Å²) in [5.41, 5.74) is 2.59. The van der Waals surface area contributed by atoms with E-state index in [4.69, 9.17) is 9.47 Å². The summed E-state index contributed by atoms with van der Waals surface area (Å²) in [6.45, 7) is 4.11. The number of fused-ring (bicyclic) bond motifs is 1. The molecule has 1 aliphatic heterocycles. The molecule has 0 aromatic heterocycles. The first-order chi connectivity index (χ1) is 16.9. The normalized spacial score (nSPS) is 14.5. The van der Waals surface area contributed by atoms with E-state index in [0.717, 1.165) is 11.3 Å². The van der Waals surface area contributed by atoms with Crippen LogP contribution in [0.25, 0.3) is 0 Å². The third kappa shape index (κ3) is 5.97. The molecule has 1 atom stereocenters. The third-order valence-corrected chi connectivity index (χ3v) is 5.47. The second-order valence-corrected chi connectivity index (χ2v) is 8.19. The SMILES string of the molecule is Cc1cccc(OCCN2C(=O)C(C)Oc3ccc(NC(=O)CNC(=O)c4ccccc4)cc32)c1. The highest BCUT2D eigenvalue weighted by atomic mass is 16.5. The highest BCUT2D eigenvalue weighted by Crippen LogP contribution is 2.36. The van der Waals surface area contributed by atoms with Gasteiger partial charge in [-0.25, -0.2) is 0 Å². The van der Waals surface area contributed by atoms with Gasteiger partial charge >= 0.3 is 0 Å². The highest BCUT2D eigenvalue weighted by molar-refractivity contribution is 6.02. The number of hydrogen-bond donors (Lipinski definition) is 2. The van der Waals surface area contributed by atoms with E-state index in [1.54, 1.807) is 54.3 Å². The molecule has 1 aliphatic rings. The van der Waals surface area contributed by atoms with Gasteiger partial charge < -0.3 is 25.0 Å². The van der Waals surface area contributed by atoms with Crippen LogP contribution in [0, 0.1) is 6.92 Å². The first-order valence-electron chi connectivity index (χ1n) is 11.4. The molecule has 3 aromatic rings. The number of amides is 3. The zero-order chi connectivity index (χ0) is 24.8. The Balaban J connectivity index is 1.40. The molecule has 0 spiro atoms. The van der Waals surface area contributed by atoms with Crippen LogP contribution in [-0.4, -0.2) is 43.5 Å². The van der Waals surface area contributed by atoms with Gasteiger partial charge in [-0.15, -0.1) is 0 Å². The van der Waals surface area contributed by atoms with Crippen LogP contribution < -0.4 is 25.0 Å². The fourth-order valence-corrected chi connectivity index (χ4v) is 3.73. The van der Waals surface area contributed by atoms with Crippen molar-refractivity contribution < 1.29 is 23.9 Å². The summed E-state index contributed by atoms with van der Waals surface area (Å²) in [7, 11) is 0. The van der Waals surface area contributed by atoms with Gasteiger partial charge in [-0.2, -0.15) is 0 Å². The number of hydrogen-bond acceptors (Lipinski definition) is 5. The van der Waals surface area contributed by atoms with Crippen molar-refractivity contribution in [3.8, 4) is 11.5 Å². The summed E-state index contributed by atoms with van der Waals surface area (Å²) >= 11 is 0. The van der Waals surface area contributed by atoms with Gasteiger partial charge in [0.05, 0.1) is 18.8 Å². The number of nitrogens with one attached hydrogen (secondary N) is 2. The maximum Gasteiger partial charge on any atom is 0.267 e.